The molecular formula is C18H26ClN3O2. The highest BCUT2D eigenvalue weighted by atomic mass is 35.5. The minimum atomic E-state index is -0.542. The number of halogens is 1. The van der Waals surface area contributed by atoms with Crippen molar-refractivity contribution in [2.75, 3.05) is 13.1 Å². The number of hydrogen-bond donors (Lipinski definition) is 3. The number of benzene rings is 1. The fourth-order valence-corrected chi connectivity index (χ4v) is 2.92. The summed E-state index contributed by atoms with van der Waals surface area (Å²) >= 11 is 5.85. The van der Waals surface area contributed by atoms with Gasteiger partial charge in [-0.3, -0.25) is 9.59 Å². The maximum absolute atomic E-state index is 12.7. The predicted octanol–water partition coefficient (Wildman–Crippen LogP) is 2.35. The second-order valence-corrected chi connectivity index (χ2v) is 6.83. The van der Waals surface area contributed by atoms with E-state index in [1.165, 1.54) is 0 Å². The minimum Gasteiger partial charge on any atom is -0.350 e. The lowest BCUT2D eigenvalue weighted by molar-refractivity contribution is -0.125. The van der Waals surface area contributed by atoms with Gasteiger partial charge in [-0.25, -0.2) is 0 Å². The van der Waals surface area contributed by atoms with E-state index in [1.807, 2.05) is 13.8 Å². The van der Waals surface area contributed by atoms with Crippen LogP contribution in [0.25, 0.3) is 0 Å². The normalized spacial score (nSPS) is 20.0. The number of amides is 2. The molecule has 1 saturated heterocycles. The van der Waals surface area contributed by atoms with Gasteiger partial charge in [0.15, 0.2) is 0 Å². The molecule has 0 bridgehead atoms. The van der Waals surface area contributed by atoms with E-state index in [4.69, 9.17) is 11.6 Å². The Balaban J connectivity index is 2.02. The van der Waals surface area contributed by atoms with Crippen LogP contribution >= 0.6 is 11.6 Å². The molecule has 24 heavy (non-hydrogen) atoms. The molecule has 1 aromatic carbocycles. The number of rotatable bonds is 6. The monoisotopic (exact) mass is 351 g/mol. The number of nitrogens with one attached hydrogen (secondary N) is 3. The average molecular weight is 352 g/mol. The smallest absolute Gasteiger partial charge is 0.251 e. The molecule has 132 valence electrons. The van der Waals surface area contributed by atoms with Crippen molar-refractivity contribution in [1.82, 2.24) is 16.0 Å². The van der Waals surface area contributed by atoms with Crippen LogP contribution in [0.3, 0.4) is 0 Å². The molecule has 0 radical (unpaired) electrons. The van der Waals surface area contributed by atoms with Crippen LogP contribution in [0.1, 0.15) is 43.5 Å². The zero-order valence-electron chi connectivity index (χ0n) is 14.3. The van der Waals surface area contributed by atoms with E-state index < -0.39 is 6.04 Å². The van der Waals surface area contributed by atoms with Gasteiger partial charge in [0.2, 0.25) is 5.91 Å². The molecule has 0 aromatic heterocycles. The fourth-order valence-electron chi connectivity index (χ4n) is 2.79. The molecule has 2 amide bonds. The molecule has 3 atom stereocenters. The highest BCUT2D eigenvalue weighted by Crippen LogP contribution is 2.13. The average Bonchev–Trinajstić information content (AvgIpc) is 2.60. The zero-order valence-corrected chi connectivity index (χ0v) is 15.0. The number of hydrogen-bond acceptors (Lipinski definition) is 3. The van der Waals surface area contributed by atoms with Gasteiger partial charge in [0, 0.05) is 23.2 Å². The lowest BCUT2D eigenvalue weighted by Crippen LogP contribution is -2.55. The molecule has 6 heteroatoms. The fraction of sp³-hybridized carbons (Fsp3) is 0.556. The molecule has 1 aliphatic rings. The Morgan fingerprint density at radius 2 is 2.04 bits per heavy atom. The molecule has 0 saturated carbocycles. The van der Waals surface area contributed by atoms with E-state index >= 15 is 0 Å². The molecule has 0 aliphatic carbocycles. The van der Waals surface area contributed by atoms with Crippen LogP contribution in [0.4, 0.5) is 0 Å². The van der Waals surface area contributed by atoms with E-state index in [9.17, 15) is 9.59 Å². The predicted molar refractivity (Wildman–Crippen MR) is 96.2 cm³/mol. The summed E-state index contributed by atoms with van der Waals surface area (Å²) in [7, 11) is 0. The second-order valence-electron chi connectivity index (χ2n) is 6.40. The van der Waals surface area contributed by atoms with Crippen molar-refractivity contribution in [2.24, 2.45) is 5.92 Å². The summed E-state index contributed by atoms with van der Waals surface area (Å²) in [5.41, 5.74) is 0.500. The van der Waals surface area contributed by atoms with E-state index in [2.05, 4.69) is 16.0 Å². The van der Waals surface area contributed by atoms with E-state index in [0.717, 1.165) is 32.4 Å². The Morgan fingerprint density at radius 1 is 1.33 bits per heavy atom. The van der Waals surface area contributed by atoms with Crippen molar-refractivity contribution in [2.45, 2.75) is 45.2 Å². The molecular weight excluding hydrogens is 326 g/mol. The molecule has 2 rings (SSSR count). The van der Waals surface area contributed by atoms with Gasteiger partial charge in [0.05, 0.1) is 0 Å². The van der Waals surface area contributed by atoms with Crippen LogP contribution in [0.2, 0.25) is 5.02 Å². The Labute approximate surface area is 148 Å². The van der Waals surface area contributed by atoms with Crippen LogP contribution in [-0.4, -0.2) is 37.0 Å². The molecule has 1 fully saturated rings. The van der Waals surface area contributed by atoms with Crippen LogP contribution in [0.15, 0.2) is 24.3 Å². The van der Waals surface area contributed by atoms with Gasteiger partial charge in [0.25, 0.3) is 5.91 Å². The summed E-state index contributed by atoms with van der Waals surface area (Å²) in [5.74, 6) is -0.313. The van der Waals surface area contributed by atoms with Crippen molar-refractivity contribution < 1.29 is 9.59 Å². The summed E-state index contributed by atoms with van der Waals surface area (Å²) in [4.78, 5) is 25.1. The minimum absolute atomic E-state index is 0.0535. The Bertz CT molecular complexity index is 556. The van der Waals surface area contributed by atoms with Crippen LogP contribution < -0.4 is 16.0 Å². The van der Waals surface area contributed by atoms with Crippen molar-refractivity contribution in [3.63, 3.8) is 0 Å². The Morgan fingerprint density at radius 3 is 2.62 bits per heavy atom. The first-order valence-corrected chi connectivity index (χ1v) is 8.96. The van der Waals surface area contributed by atoms with Crippen molar-refractivity contribution in [1.29, 1.82) is 0 Å². The summed E-state index contributed by atoms with van der Waals surface area (Å²) in [6, 6.07) is 6.25. The molecule has 1 heterocycles. The first-order chi connectivity index (χ1) is 11.5. The number of carbonyl (C=O) groups is 2. The largest absolute Gasteiger partial charge is 0.350 e. The molecule has 0 spiro atoms. The van der Waals surface area contributed by atoms with E-state index in [1.54, 1.807) is 24.3 Å². The summed E-state index contributed by atoms with van der Waals surface area (Å²) in [6.07, 6.45) is 2.83. The van der Waals surface area contributed by atoms with Gasteiger partial charge in [-0.2, -0.15) is 0 Å². The van der Waals surface area contributed by atoms with Crippen molar-refractivity contribution in [3.8, 4) is 0 Å². The molecule has 3 unspecified atom stereocenters. The van der Waals surface area contributed by atoms with Crippen LogP contribution in [0, 0.1) is 5.92 Å². The van der Waals surface area contributed by atoms with Crippen molar-refractivity contribution >= 4 is 23.4 Å². The van der Waals surface area contributed by atoms with Crippen molar-refractivity contribution in [3.05, 3.63) is 34.9 Å². The van der Waals surface area contributed by atoms with Gasteiger partial charge in [-0.15, -0.1) is 0 Å². The van der Waals surface area contributed by atoms with Gasteiger partial charge >= 0.3 is 0 Å². The third-order valence-corrected chi connectivity index (χ3v) is 4.78. The quantitative estimate of drug-likeness (QED) is 0.736. The first kappa shape index (κ1) is 18.7. The SMILES string of the molecule is CCC(C)C(NC(=O)c1ccc(Cl)cc1)C(=O)NC1CCCNC1. The first-order valence-electron chi connectivity index (χ1n) is 8.58. The second kappa shape index (κ2) is 9.04. The lowest BCUT2D eigenvalue weighted by Gasteiger charge is -2.29. The third-order valence-electron chi connectivity index (χ3n) is 4.53. The van der Waals surface area contributed by atoms with Crippen LogP contribution in [0.5, 0.6) is 0 Å². The van der Waals surface area contributed by atoms with E-state index in [-0.39, 0.29) is 23.8 Å². The Kier molecular flexibility index (Phi) is 7.06. The van der Waals surface area contributed by atoms with Gasteiger partial charge < -0.3 is 16.0 Å². The van der Waals surface area contributed by atoms with E-state index in [0.29, 0.717) is 10.6 Å². The molecule has 1 aromatic rings. The standard InChI is InChI=1S/C18H26ClN3O2/c1-3-12(2)16(18(24)21-15-5-4-10-20-11-15)22-17(23)13-6-8-14(19)9-7-13/h6-9,12,15-16,20H,3-5,10-11H2,1-2H3,(H,21,24)(H,22,23). The number of carbonyl (C=O) groups excluding carboxylic acids is 2. The number of piperidine rings is 1. The highest BCUT2D eigenvalue weighted by molar-refractivity contribution is 6.30. The highest BCUT2D eigenvalue weighted by Gasteiger charge is 2.28. The molecule has 5 nitrogen and oxygen atoms in total. The molecule has 3 N–H and O–H groups in total. The maximum Gasteiger partial charge on any atom is 0.251 e. The van der Waals surface area contributed by atoms with Gasteiger partial charge in [0.1, 0.15) is 6.04 Å². The maximum atomic E-state index is 12.7. The van der Waals surface area contributed by atoms with Gasteiger partial charge in [-0.05, 0) is 49.6 Å². The Hall–Kier alpha value is -1.59. The van der Waals surface area contributed by atoms with Crippen LogP contribution in [-0.2, 0) is 4.79 Å². The molecule has 1 aliphatic heterocycles. The zero-order chi connectivity index (χ0) is 17.5. The lowest BCUT2D eigenvalue weighted by atomic mass is 9.97. The third kappa shape index (κ3) is 5.21. The summed E-state index contributed by atoms with van der Waals surface area (Å²) in [6.45, 7) is 5.77. The van der Waals surface area contributed by atoms with Gasteiger partial charge in [-0.1, -0.05) is 31.9 Å². The summed E-state index contributed by atoms with van der Waals surface area (Å²) < 4.78 is 0. The summed E-state index contributed by atoms with van der Waals surface area (Å²) in [5, 5.41) is 9.80. The topological polar surface area (TPSA) is 70.2 Å².